The van der Waals surface area contributed by atoms with E-state index in [1.165, 1.54) is 0 Å². The molecule has 0 radical (unpaired) electrons. The van der Waals surface area contributed by atoms with Gasteiger partial charge in [0, 0.05) is 0 Å². The minimum Gasteiger partial charge on any atom is -1.00 e. The molecule has 52 valence electrons. The minimum absolute atomic E-state index is 0. The van der Waals surface area contributed by atoms with E-state index in [9.17, 15) is 0 Å². The molecule has 0 heterocycles. The molecule has 0 aliphatic rings. The van der Waals surface area contributed by atoms with E-state index in [0.717, 1.165) is 0 Å². The molecule has 0 aliphatic carbocycles. The zero-order valence-corrected chi connectivity index (χ0v) is 9.39. The summed E-state index contributed by atoms with van der Waals surface area (Å²) in [6.07, 6.45) is 0. The second-order valence-corrected chi connectivity index (χ2v) is 1.86. The number of para-hydroxylation sites is 1. The normalized spacial score (nSPS) is 7.30. The van der Waals surface area contributed by atoms with Crippen molar-refractivity contribution in [2.75, 3.05) is 0 Å². The monoisotopic (exact) mass is 186 g/mol. The smallest absolute Gasteiger partial charge is 1.00 e. The fourth-order valence-electron chi connectivity index (χ4n) is 0.452. The summed E-state index contributed by atoms with van der Waals surface area (Å²) in [6, 6.07) is 6.67. The quantitative estimate of drug-likeness (QED) is 0.530. The van der Waals surface area contributed by atoms with Crippen molar-refractivity contribution in [2.45, 2.75) is 0 Å². The molecule has 1 rings (SSSR count). The van der Waals surface area contributed by atoms with Gasteiger partial charge in [-0.15, -0.1) is 0 Å². The van der Waals surface area contributed by atoms with Crippen LogP contribution >= 0.6 is 25.1 Å². The van der Waals surface area contributed by atoms with Crippen molar-refractivity contribution in [1.82, 2.24) is 0 Å². The van der Waals surface area contributed by atoms with Gasteiger partial charge in [0.2, 0.25) is 0 Å². The summed E-state index contributed by atoms with van der Waals surface area (Å²) in [7, 11) is 0. The Morgan fingerprint density at radius 3 is 2.10 bits per heavy atom. The first-order valence-electron chi connectivity index (χ1n) is 2.24. The number of phenolic OH excluding ortho intramolecular Hbond substituents is 1. The van der Waals surface area contributed by atoms with Crippen molar-refractivity contribution in [1.29, 1.82) is 0 Å². The van der Waals surface area contributed by atoms with Crippen molar-refractivity contribution in [3.05, 3.63) is 29.3 Å². The third kappa shape index (κ3) is 3.74. The van der Waals surface area contributed by atoms with Gasteiger partial charge < -0.3 is 6.53 Å². The number of rotatable bonds is 0. The largest absolute Gasteiger partial charge is 1.00 e. The van der Waals surface area contributed by atoms with E-state index in [1.807, 2.05) is 0 Å². The van der Waals surface area contributed by atoms with Gasteiger partial charge in [0.1, 0.15) is 5.75 Å². The Labute approximate surface area is 95.6 Å². The van der Waals surface area contributed by atoms with Gasteiger partial charge in [-0.2, -0.15) is 13.5 Å². The van der Waals surface area contributed by atoms with E-state index in [2.05, 4.69) is 0 Å². The predicted molar refractivity (Wildman–Crippen MR) is 44.6 cm³/mol. The first-order valence-corrected chi connectivity index (χ1v) is 2.62. The fraction of sp³-hybridized carbons (Fsp3) is 0. The van der Waals surface area contributed by atoms with Crippen molar-refractivity contribution in [3.63, 3.8) is 0 Å². The van der Waals surface area contributed by atoms with E-state index in [1.54, 1.807) is 24.3 Å². The Bertz CT molecular complexity index is 179. The van der Waals surface area contributed by atoms with Crippen LogP contribution in [-0.4, -0.2) is 5.11 Å². The summed E-state index contributed by atoms with van der Waals surface area (Å²) in [5.41, 5.74) is 0. The minimum atomic E-state index is 0. The zero-order valence-electron chi connectivity index (χ0n) is 6.63. The molecule has 0 saturated heterocycles. The first-order chi connectivity index (χ1) is 3.80. The molecular formula is C6H8ClNaOS. The molecule has 0 aromatic heterocycles. The molecule has 0 fully saturated rings. The molecule has 4 heteroatoms. The second kappa shape index (κ2) is 6.38. The average Bonchev–Trinajstić information content (AvgIpc) is 1.77. The number of hydrogen-bond acceptors (Lipinski definition) is 1. The van der Waals surface area contributed by atoms with E-state index >= 15 is 0 Å². The maximum absolute atomic E-state index is 8.79. The Kier molecular flexibility index (Phi) is 8.46. The molecule has 1 nitrogen and oxygen atoms in total. The van der Waals surface area contributed by atoms with Crippen LogP contribution in [0.5, 0.6) is 5.75 Å². The molecule has 0 saturated carbocycles. The first kappa shape index (κ1) is 13.3. The SMILES string of the molecule is Oc1ccccc1Cl.S.[H-].[Na+]. The van der Waals surface area contributed by atoms with Crippen LogP contribution in [0.3, 0.4) is 0 Å². The van der Waals surface area contributed by atoms with Crippen molar-refractivity contribution < 1.29 is 36.1 Å². The van der Waals surface area contributed by atoms with Crippen molar-refractivity contribution in [2.24, 2.45) is 0 Å². The van der Waals surface area contributed by atoms with E-state index in [4.69, 9.17) is 16.7 Å². The predicted octanol–water partition coefficient (Wildman–Crippen LogP) is -0.725. The van der Waals surface area contributed by atoms with Gasteiger partial charge in [0.25, 0.3) is 0 Å². The zero-order chi connectivity index (χ0) is 5.98. The number of hydrogen-bond donors (Lipinski definition) is 1. The standard InChI is InChI=1S/C6H5ClO.Na.H2S.H/c7-5-3-1-2-4-6(5)8;;;/h1-4,8H;;1H2;/q;+1;;-1. The topological polar surface area (TPSA) is 20.2 Å². The van der Waals surface area contributed by atoms with Gasteiger partial charge in [0.05, 0.1) is 5.02 Å². The molecule has 10 heavy (non-hydrogen) atoms. The van der Waals surface area contributed by atoms with E-state index in [-0.39, 0.29) is 50.2 Å². The van der Waals surface area contributed by atoms with Crippen LogP contribution in [0.2, 0.25) is 5.02 Å². The Hall–Kier alpha value is 0.660. The molecule has 0 spiro atoms. The average molecular weight is 187 g/mol. The van der Waals surface area contributed by atoms with Crippen LogP contribution in [0.15, 0.2) is 24.3 Å². The van der Waals surface area contributed by atoms with Gasteiger partial charge >= 0.3 is 29.6 Å². The Morgan fingerprint density at radius 1 is 1.30 bits per heavy atom. The van der Waals surface area contributed by atoms with Gasteiger partial charge in [-0.3, -0.25) is 0 Å². The van der Waals surface area contributed by atoms with Crippen LogP contribution < -0.4 is 29.6 Å². The summed E-state index contributed by atoms with van der Waals surface area (Å²) in [6.45, 7) is 0. The number of aromatic hydroxyl groups is 1. The van der Waals surface area contributed by atoms with Crippen LogP contribution in [0, 0.1) is 0 Å². The number of halogens is 1. The molecule has 1 aromatic carbocycles. The molecule has 0 atom stereocenters. The summed E-state index contributed by atoms with van der Waals surface area (Å²) < 4.78 is 0. The van der Waals surface area contributed by atoms with Crippen LogP contribution in [0.1, 0.15) is 1.43 Å². The van der Waals surface area contributed by atoms with Crippen LogP contribution in [0.4, 0.5) is 0 Å². The molecule has 0 bridgehead atoms. The van der Waals surface area contributed by atoms with Gasteiger partial charge in [0.15, 0.2) is 0 Å². The summed E-state index contributed by atoms with van der Waals surface area (Å²) in [5.74, 6) is 0.133. The Morgan fingerprint density at radius 2 is 1.80 bits per heavy atom. The third-order valence-corrected chi connectivity index (χ3v) is 1.17. The maximum Gasteiger partial charge on any atom is 1.00 e. The van der Waals surface area contributed by atoms with Crippen LogP contribution in [-0.2, 0) is 0 Å². The Balaban J connectivity index is -0.000000213. The molecule has 0 amide bonds. The molecule has 1 N–H and O–H groups in total. The van der Waals surface area contributed by atoms with Gasteiger partial charge in [-0.1, -0.05) is 23.7 Å². The summed E-state index contributed by atoms with van der Waals surface area (Å²) in [4.78, 5) is 0. The molecule has 0 aliphatic heterocycles. The van der Waals surface area contributed by atoms with Crippen molar-refractivity contribution in [3.8, 4) is 5.75 Å². The summed E-state index contributed by atoms with van der Waals surface area (Å²) >= 11 is 5.46. The maximum atomic E-state index is 8.79. The molecule has 0 unspecified atom stereocenters. The van der Waals surface area contributed by atoms with Crippen LogP contribution in [0.25, 0.3) is 0 Å². The number of phenols is 1. The van der Waals surface area contributed by atoms with Crippen molar-refractivity contribution >= 4 is 25.1 Å². The van der Waals surface area contributed by atoms with Gasteiger partial charge in [-0.05, 0) is 12.1 Å². The second-order valence-electron chi connectivity index (χ2n) is 1.45. The third-order valence-electron chi connectivity index (χ3n) is 0.852. The fourth-order valence-corrected chi connectivity index (χ4v) is 0.587. The molecule has 1 aromatic rings. The van der Waals surface area contributed by atoms with E-state index in [0.29, 0.717) is 5.02 Å². The summed E-state index contributed by atoms with van der Waals surface area (Å²) in [5, 5.41) is 9.18. The molecular weight excluding hydrogens is 179 g/mol. The van der Waals surface area contributed by atoms with E-state index < -0.39 is 0 Å². The van der Waals surface area contributed by atoms with Gasteiger partial charge in [-0.25, -0.2) is 0 Å². The number of benzene rings is 1.